The molecule has 0 saturated heterocycles. The minimum atomic E-state index is -0.628. The molecule has 3 amide bonds. The van der Waals surface area contributed by atoms with Crippen LogP contribution in [0.1, 0.15) is 33.3 Å². The summed E-state index contributed by atoms with van der Waals surface area (Å²) in [5.41, 5.74) is 1.78. The maximum atomic E-state index is 13.1. The van der Waals surface area contributed by atoms with Gasteiger partial charge in [0.25, 0.3) is 0 Å². The molecule has 1 aliphatic rings. The van der Waals surface area contributed by atoms with Crippen LogP contribution >= 0.6 is 0 Å². The van der Waals surface area contributed by atoms with Gasteiger partial charge in [0.15, 0.2) is 0 Å². The largest absolute Gasteiger partial charge is 0.490 e. The van der Waals surface area contributed by atoms with Crippen LogP contribution in [0.25, 0.3) is 10.8 Å². The van der Waals surface area contributed by atoms with E-state index in [1.807, 2.05) is 44.2 Å². The lowest BCUT2D eigenvalue weighted by Gasteiger charge is -2.29. The molecule has 0 radical (unpaired) electrons. The Morgan fingerprint density at radius 2 is 1.85 bits per heavy atom. The van der Waals surface area contributed by atoms with Gasteiger partial charge in [-0.1, -0.05) is 56.3 Å². The number of hydrogen-bond acceptors (Lipinski definition) is 3. The van der Waals surface area contributed by atoms with Crippen LogP contribution in [0.3, 0.4) is 0 Å². The lowest BCUT2D eigenvalue weighted by Crippen LogP contribution is -2.43. The average Bonchev–Trinajstić information content (AvgIpc) is 2.87. The van der Waals surface area contributed by atoms with Gasteiger partial charge in [0.2, 0.25) is 5.91 Å². The molecule has 0 fully saturated rings. The van der Waals surface area contributed by atoms with Crippen molar-refractivity contribution in [1.29, 1.82) is 0 Å². The monoisotopic (exact) mass is 445 g/mol. The molecule has 2 N–H and O–H groups in total. The van der Waals surface area contributed by atoms with Crippen molar-refractivity contribution in [2.75, 3.05) is 23.4 Å². The van der Waals surface area contributed by atoms with Gasteiger partial charge in [-0.2, -0.15) is 0 Å². The summed E-state index contributed by atoms with van der Waals surface area (Å²) in [5.74, 6) is 0.957. The Kier molecular flexibility index (Phi) is 6.27. The minimum absolute atomic E-state index is 0.0449. The molecule has 33 heavy (non-hydrogen) atoms. The summed E-state index contributed by atoms with van der Waals surface area (Å²) in [7, 11) is 0. The molecule has 0 aromatic heterocycles. The quantitative estimate of drug-likeness (QED) is 0.539. The third-order valence-corrected chi connectivity index (χ3v) is 5.79. The molecule has 0 saturated carbocycles. The third-order valence-electron chi connectivity index (χ3n) is 5.79. The van der Waals surface area contributed by atoms with Crippen LogP contribution in [-0.2, 0) is 11.3 Å². The first kappa shape index (κ1) is 22.6. The van der Waals surface area contributed by atoms with Crippen LogP contribution in [-0.4, -0.2) is 25.1 Å². The predicted molar refractivity (Wildman–Crippen MR) is 133 cm³/mol. The van der Waals surface area contributed by atoms with Crippen molar-refractivity contribution in [2.24, 2.45) is 11.3 Å². The highest BCUT2D eigenvalue weighted by Gasteiger charge is 2.38. The van der Waals surface area contributed by atoms with E-state index in [0.717, 1.165) is 22.0 Å². The van der Waals surface area contributed by atoms with Gasteiger partial charge in [-0.3, -0.25) is 4.79 Å². The first-order chi connectivity index (χ1) is 15.7. The molecule has 3 aromatic carbocycles. The number of benzene rings is 3. The van der Waals surface area contributed by atoms with E-state index >= 15 is 0 Å². The SMILES string of the molecule is CC(C)CN1C(=O)C(C)(C)COc2cc(NC(=O)NCc3cccc4ccccc34)ccc21. The molecule has 1 heterocycles. The zero-order chi connectivity index (χ0) is 23.6. The first-order valence-corrected chi connectivity index (χ1v) is 11.3. The second-order valence-electron chi connectivity index (χ2n) is 9.61. The summed E-state index contributed by atoms with van der Waals surface area (Å²) in [6, 6.07) is 19.3. The summed E-state index contributed by atoms with van der Waals surface area (Å²) < 4.78 is 6.01. The Morgan fingerprint density at radius 1 is 1.09 bits per heavy atom. The molecular weight excluding hydrogens is 414 g/mol. The van der Waals surface area contributed by atoms with Crippen LogP contribution < -0.4 is 20.3 Å². The lowest BCUT2D eigenvalue weighted by molar-refractivity contribution is -0.127. The Bertz CT molecular complexity index is 1180. The number of rotatable bonds is 5. The van der Waals surface area contributed by atoms with Gasteiger partial charge in [0, 0.05) is 24.8 Å². The van der Waals surface area contributed by atoms with E-state index in [-0.39, 0.29) is 18.5 Å². The zero-order valence-electron chi connectivity index (χ0n) is 19.6. The molecule has 0 spiro atoms. The van der Waals surface area contributed by atoms with Crippen LogP contribution in [0.4, 0.5) is 16.2 Å². The van der Waals surface area contributed by atoms with Crippen molar-refractivity contribution in [1.82, 2.24) is 5.32 Å². The number of hydrogen-bond donors (Lipinski definition) is 2. The Balaban J connectivity index is 1.49. The molecule has 6 nitrogen and oxygen atoms in total. The number of nitrogens with zero attached hydrogens (tertiary/aromatic N) is 1. The molecule has 172 valence electrons. The van der Waals surface area contributed by atoms with E-state index in [9.17, 15) is 9.59 Å². The second kappa shape index (κ2) is 9.14. The van der Waals surface area contributed by atoms with E-state index in [1.165, 1.54) is 0 Å². The highest BCUT2D eigenvalue weighted by atomic mass is 16.5. The highest BCUT2D eigenvalue weighted by Crippen LogP contribution is 2.38. The van der Waals surface area contributed by atoms with Gasteiger partial charge in [0.1, 0.15) is 12.4 Å². The van der Waals surface area contributed by atoms with Gasteiger partial charge in [-0.05, 0) is 48.2 Å². The number of anilines is 2. The van der Waals surface area contributed by atoms with Gasteiger partial charge in [-0.15, -0.1) is 0 Å². The van der Waals surface area contributed by atoms with Gasteiger partial charge < -0.3 is 20.3 Å². The highest BCUT2D eigenvalue weighted by molar-refractivity contribution is 6.00. The Morgan fingerprint density at radius 3 is 2.64 bits per heavy atom. The maximum Gasteiger partial charge on any atom is 0.319 e. The van der Waals surface area contributed by atoms with Crippen LogP contribution in [0.2, 0.25) is 0 Å². The minimum Gasteiger partial charge on any atom is -0.490 e. The number of amides is 3. The molecular formula is C27H31N3O3. The lowest BCUT2D eigenvalue weighted by atomic mass is 9.92. The fourth-order valence-corrected chi connectivity index (χ4v) is 4.07. The topological polar surface area (TPSA) is 70.7 Å². The number of fused-ring (bicyclic) bond motifs is 2. The van der Waals surface area contributed by atoms with E-state index in [4.69, 9.17) is 4.74 Å². The van der Waals surface area contributed by atoms with Crippen molar-refractivity contribution in [3.63, 3.8) is 0 Å². The second-order valence-corrected chi connectivity index (χ2v) is 9.61. The zero-order valence-corrected chi connectivity index (χ0v) is 19.6. The Labute approximate surface area is 194 Å². The van der Waals surface area contributed by atoms with E-state index in [1.54, 1.807) is 17.0 Å². The summed E-state index contributed by atoms with van der Waals surface area (Å²) in [5, 5.41) is 8.08. The smallest absolute Gasteiger partial charge is 0.319 e. The molecule has 1 aliphatic heterocycles. The number of carbonyl (C=O) groups is 2. The molecule has 0 atom stereocenters. The number of urea groups is 1. The van der Waals surface area contributed by atoms with Gasteiger partial charge >= 0.3 is 6.03 Å². The van der Waals surface area contributed by atoms with Crippen LogP contribution in [0, 0.1) is 11.3 Å². The fraction of sp³-hybridized carbons (Fsp3) is 0.333. The predicted octanol–water partition coefficient (Wildman–Crippen LogP) is 5.57. The standard InChI is InChI=1S/C27H31N3O3/c1-18(2)16-30-23-13-12-21(14-24(23)33-17-27(3,4)25(30)31)29-26(32)28-15-20-10-7-9-19-8-5-6-11-22(19)20/h5-14,18H,15-17H2,1-4H3,(H2,28,29,32). The summed E-state index contributed by atoms with van der Waals surface area (Å²) in [6.07, 6.45) is 0. The van der Waals surface area contributed by atoms with Crippen molar-refractivity contribution in [3.05, 3.63) is 66.2 Å². The van der Waals surface area contributed by atoms with Crippen molar-refractivity contribution < 1.29 is 14.3 Å². The normalized spacial score (nSPS) is 15.1. The third kappa shape index (κ3) is 4.95. The van der Waals surface area contributed by atoms with E-state index in [2.05, 4.69) is 42.7 Å². The summed E-state index contributed by atoms with van der Waals surface area (Å²) >= 11 is 0. The van der Waals surface area contributed by atoms with Gasteiger partial charge in [0.05, 0.1) is 11.1 Å². The number of carbonyl (C=O) groups excluding carboxylic acids is 2. The number of nitrogens with one attached hydrogen (secondary N) is 2. The maximum absolute atomic E-state index is 13.1. The van der Waals surface area contributed by atoms with Crippen molar-refractivity contribution in [2.45, 2.75) is 34.2 Å². The van der Waals surface area contributed by atoms with Crippen molar-refractivity contribution >= 4 is 34.1 Å². The number of ether oxygens (including phenoxy) is 1. The van der Waals surface area contributed by atoms with Crippen LogP contribution in [0.15, 0.2) is 60.7 Å². The van der Waals surface area contributed by atoms with Crippen molar-refractivity contribution in [3.8, 4) is 5.75 Å². The molecule has 0 aliphatic carbocycles. The molecule has 4 rings (SSSR count). The fourth-order valence-electron chi connectivity index (χ4n) is 4.07. The van der Waals surface area contributed by atoms with E-state index < -0.39 is 5.41 Å². The van der Waals surface area contributed by atoms with E-state index in [0.29, 0.717) is 30.4 Å². The average molecular weight is 446 g/mol. The Hall–Kier alpha value is -3.54. The molecule has 3 aromatic rings. The van der Waals surface area contributed by atoms with Gasteiger partial charge in [-0.25, -0.2) is 4.79 Å². The molecule has 0 bridgehead atoms. The summed E-state index contributed by atoms with van der Waals surface area (Å²) in [6.45, 7) is 9.27. The summed E-state index contributed by atoms with van der Waals surface area (Å²) in [4.78, 5) is 27.5. The van der Waals surface area contributed by atoms with Crippen LogP contribution in [0.5, 0.6) is 5.75 Å². The molecule has 0 unspecified atom stereocenters. The first-order valence-electron chi connectivity index (χ1n) is 11.3. The molecule has 6 heteroatoms.